The number of carbonyl (C=O) groups excluding carboxylic acids is 1. The van der Waals surface area contributed by atoms with E-state index in [2.05, 4.69) is 15.5 Å². The Bertz CT molecular complexity index is 402. The summed E-state index contributed by atoms with van der Waals surface area (Å²) in [6.07, 6.45) is 1.53. The Morgan fingerprint density at radius 1 is 1.81 bits per heavy atom. The van der Waals surface area contributed by atoms with Crippen LogP contribution >= 0.6 is 11.3 Å². The standard InChI is InChI=1S/C9H14N4O2S/c1-5(8(10)13-15)3-12-9(14)7-4-11-6(2)16-7/h4-5,15H,3H2,1-2H3,(H2,10,13)(H,12,14). The van der Waals surface area contributed by atoms with Crippen LogP contribution in [-0.4, -0.2) is 28.5 Å². The van der Waals surface area contributed by atoms with E-state index in [1.807, 2.05) is 6.92 Å². The van der Waals surface area contributed by atoms with Crippen molar-refractivity contribution in [1.29, 1.82) is 0 Å². The minimum absolute atomic E-state index is 0.0979. The van der Waals surface area contributed by atoms with E-state index in [0.29, 0.717) is 11.4 Å². The molecule has 0 aliphatic rings. The Kier molecular flexibility index (Phi) is 4.24. The molecule has 1 aromatic rings. The van der Waals surface area contributed by atoms with E-state index < -0.39 is 0 Å². The zero-order valence-corrected chi connectivity index (χ0v) is 9.91. The van der Waals surface area contributed by atoms with E-state index in [1.54, 1.807) is 6.92 Å². The first-order valence-electron chi connectivity index (χ1n) is 4.72. The lowest BCUT2D eigenvalue weighted by atomic mass is 10.1. The molecule has 0 aliphatic carbocycles. The van der Waals surface area contributed by atoms with Crippen LogP contribution in [0, 0.1) is 12.8 Å². The number of thiazole rings is 1. The second-order valence-corrected chi connectivity index (χ2v) is 4.61. The SMILES string of the molecule is Cc1ncc(C(=O)NCC(C)C(N)=NO)s1. The van der Waals surface area contributed by atoms with Gasteiger partial charge in [0, 0.05) is 12.5 Å². The Morgan fingerprint density at radius 3 is 3.00 bits per heavy atom. The number of nitrogens with two attached hydrogens (primary N) is 1. The molecule has 7 heteroatoms. The van der Waals surface area contributed by atoms with Crippen molar-refractivity contribution >= 4 is 23.1 Å². The summed E-state index contributed by atoms with van der Waals surface area (Å²) in [4.78, 5) is 16.1. The topological polar surface area (TPSA) is 101 Å². The second kappa shape index (κ2) is 5.45. The van der Waals surface area contributed by atoms with Crippen molar-refractivity contribution in [3.8, 4) is 0 Å². The molecule has 1 aromatic heterocycles. The number of oxime groups is 1. The zero-order chi connectivity index (χ0) is 12.1. The number of amidine groups is 1. The summed E-state index contributed by atoms with van der Waals surface area (Å²) in [5.74, 6) is -0.299. The fourth-order valence-electron chi connectivity index (χ4n) is 1.00. The normalized spacial score (nSPS) is 13.5. The highest BCUT2D eigenvalue weighted by Gasteiger charge is 2.12. The number of nitrogens with zero attached hydrogens (tertiary/aromatic N) is 2. The quantitative estimate of drug-likeness (QED) is 0.311. The van der Waals surface area contributed by atoms with Crippen molar-refractivity contribution in [2.45, 2.75) is 13.8 Å². The fraction of sp³-hybridized carbons (Fsp3) is 0.444. The third-order valence-electron chi connectivity index (χ3n) is 2.03. The van der Waals surface area contributed by atoms with Crippen molar-refractivity contribution in [3.05, 3.63) is 16.1 Å². The van der Waals surface area contributed by atoms with Crippen molar-refractivity contribution in [3.63, 3.8) is 0 Å². The Labute approximate surface area is 97.2 Å². The van der Waals surface area contributed by atoms with E-state index in [1.165, 1.54) is 17.5 Å². The summed E-state index contributed by atoms with van der Waals surface area (Å²) in [6.45, 7) is 3.92. The van der Waals surface area contributed by atoms with E-state index >= 15 is 0 Å². The maximum atomic E-state index is 11.6. The number of aromatic nitrogens is 1. The highest BCUT2D eigenvalue weighted by atomic mass is 32.1. The first-order valence-corrected chi connectivity index (χ1v) is 5.54. The molecule has 88 valence electrons. The van der Waals surface area contributed by atoms with Gasteiger partial charge in [-0.1, -0.05) is 12.1 Å². The summed E-state index contributed by atoms with van der Waals surface area (Å²) < 4.78 is 0. The van der Waals surface area contributed by atoms with Crippen molar-refractivity contribution in [1.82, 2.24) is 10.3 Å². The Morgan fingerprint density at radius 2 is 2.50 bits per heavy atom. The van der Waals surface area contributed by atoms with E-state index in [4.69, 9.17) is 10.9 Å². The number of aryl methyl sites for hydroxylation is 1. The summed E-state index contributed by atoms with van der Waals surface area (Å²) >= 11 is 1.33. The molecule has 6 nitrogen and oxygen atoms in total. The van der Waals surface area contributed by atoms with Crippen LogP contribution in [0.1, 0.15) is 21.6 Å². The molecule has 4 N–H and O–H groups in total. The van der Waals surface area contributed by atoms with Crippen LogP contribution in [0.15, 0.2) is 11.4 Å². The molecule has 1 rings (SSSR count). The van der Waals surface area contributed by atoms with Gasteiger partial charge in [0.1, 0.15) is 10.7 Å². The third kappa shape index (κ3) is 3.20. The molecule has 0 spiro atoms. The molecule has 0 bridgehead atoms. The molecular formula is C9H14N4O2S. The van der Waals surface area contributed by atoms with Gasteiger partial charge in [0.2, 0.25) is 0 Å². The van der Waals surface area contributed by atoms with Gasteiger partial charge in [-0.15, -0.1) is 11.3 Å². The molecule has 0 fully saturated rings. The summed E-state index contributed by atoms with van der Waals surface area (Å²) in [6, 6.07) is 0. The molecule has 0 saturated carbocycles. The minimum Gasteiger partial charge on any atom is -0.409 e. The van der Waals surface area contributed by atoms with Crippen LogP contribution in [0.5, 0.6) is 0 Å². The lowest BCUT2D eigenvalue weighted by molar-refractivity contribution is 0.0955. The van der Waals surface area contributed by atoms with Gasteiger partial charge in [-0.25, -0.2) is 4.98 Å². The predicted octanol–water partition coefficient (Wildman–Crippen LogP) is 0.564. The third-order valence-corrected chi connectivity index (χ3v) is 2.95. The van der Waals surface area contributed by atoms with Gasteiger partial charge in [-0.2, -0.15) is 0 Å². The average molecular weight is 242 g/mol. The molecule has 1 atom stereocenters. The molecule has 0 aromatic carbocycles. The van der Waals surface area contributed by atoms with Crippen LogP contribution in [0.3, 0.4) is 0 Å². The monoisotopic (exact) mass is 242 g/mol. The molecule has 1 unspecified atom stereocenters. The van der Waals surface area contributed by atoms with Gasteiger partial charge < -0.3 is 16.3 Å². The zero-order valence-electron chi connectivity index (χ0n) is 9.10. The number of carbonyl (C=O) groups is 1. The smallest absolute Gasteiger partial charge is 0.263 e. The predicted molar refractivity (Wildman–Crippen MR) is 61.8 cm³/mol. The van der Waals surface area contributed by atoms with E-state index in [0.717, 1.165) is 5.01 Å². The summed E-state index contributed by atoms with van der Waals surface area (Å²) in [5.41, 5.74) is 5.38. The first kappa shape index (κ1) is 12.4. The van der Waals surface area contributed by atoms with E-state index in [-0.39, 0.29) is 17.7 Å². The first-order chi connectivity index (χ1) is 7.54. The lowest BCUT2D eigenvalue weighted by Crippen LogP contribution is -2.34. The molecule has 0 radical (unpaired) electrons. The van der Waals surface area contributed by atoms with Crippen LogP contribution in [0.25, 0.3) is 0 Å². The van der Waals surface area contributed by atoms with Crippen LogP contribution in [0.2, 0.25) is 0 Å². The van der Waals surface area contributed by atoms with Crippen LogP contribution in [0.4, 0.5) is 0 Å². The van der Waals surface area contributed by atoms with Crippen molar-refractivity contribution in [2.24, 2.45) is 16.8 Å². The highest BCUT2D eigenvalue weighted by Crippen LogP contribution is 2.10. The van der Waals surface area contributed by atoms with Crippen molar-refractivity contribution in [2.75, 3.05) is 6.54 Å². The van der Waals surface area contributed by atoms with Crippen molar-refractivity contribution < 1.29 is 10.0 Å². The molecular weight excluding hydrogens is 228 g/mol. The number of hydrogen-bond acceptors (Lipinski definition) is 5. The van der Waals surface area contributed by atoms with Gasteiger partial charge in [0.05, 0.1) is 11.2 Å². The number of hydrogen-bond donors (Lipinski definition) is 3. The lowest BCUT2D eigenvalue weighted by Gasteiger charge is -2.09. The summed E-state index contributed by atoms with van der Waals surface area (Å²) in [5, 5.41) is 14.8. The van der Waals surface area contributed by atoms with Crippen LogP contribution in [-0.2, 0) is 0 Å². The average Bonchev–Trinajstić information content (AvgIpc) is 2.71. The molecule has 1 amide bonds. The summed E-state index contributed by atoms with van der Waals surface area (Å²) in [7, 11) is 0. The fourth-order valence-corrected chi connectivity index (χ4v) is 1.70. The molecule has 0 aliphatic heterocycles. The maximum Gasteiger partial charge on any atom is 0.263 e. The van der Waals surface area contributed by atoms with Gasteiger partial charge in [0.25, 0.3) is 5.91 Å². The Hall–Kier alpha value is -1.63. The number of rotatable bonds is 4. The number of amides is 1. The van der Waals surface area contributed by atoms with Gasteiger partial charge >= 0.3 is 0 Å². The van der Waals surface area contributed by atoms with Gasteiger partial charge in [-0.05, 0) is 6.92 Å². The largest absolute Gasteiger partial charge is 0.409 e. The van der Waals surface area contributed by atoms with E-state index in [9.17, 15) is 4.79 Å². The second-order valence-electron chi connectivity index (χ2n) is 3.38. The molecule has 0 saturated heterocycles. The Balaban J connectivity index is 2.47. The van der Waals surface area contributed by atoms with Crippen LogP contribution < -0.4 is 11.1 Å². The van der Waals surface area contributed by atoms with Gasteiger partial charge in [0.15, 0.2) is 0 Å². The highest BCUT2D eigenvalue weighted by molar-refractivity contribution is 7.13. The number of nitrogens with one attached hydrogen (secondary N) is 1. The maximum absolute atomic E-state index is 11.6. The minimum atomic E-state index is -0.206. The molecule has 1 heterocycles. The van der Waals surface area contributed by atoms with Gasteiger partial charge in [-0.3, -0.25) is 4.79 Å². The molecule has 16 heavy (non-hydrogen) atoms.